The number of ether oxygens (including phenoxy) is 1. The van der Waals surface area contributed by atoms with Crippen LogP contribution in [0.4, 0.5) is 0 Å². The number of hydrogen-bond donors (Lipinski definition) is 0. The molecule has 2 nitrogen and oxygen atoms in total. The highest BCUT2D eigenvalue weighted by Gasteiger charge is 2.49. The van der Waals surface area contributed by atoms with Crippen molar-refractivity contribution in [2.75, 3.05) is 0 Å². The van der Waals surface area contributed by atoms with Gasteiger partial charge in [0.15, 0.2) is 0 Å². The standard InChI is InChI=1S/C31H19NO.C2H6/c1-5-16-26-20(10-1)21-11-9-15-25-30(21)32(26)27-17-6-2-12-22(27)31(25)23-13-3-7-18-28(23)33-29-19-8-4-14-24(29)31;1-2/h1-19H;1-2H3. The fourth-order valence-electron chi connectivity index (χ4n) is 6.28. The summed E-state index contributed by atoms with van der Waals surface area (Å²) in [4.78, 5) is 0. The summed E-state index contributed by atoms with van der Waals surface area (Å²) in [6.07, 6.45) is 0. The molecule has 0 unspecified atom stereocenters. The number of para-hydroxylation sites is 5. The molecule has 0 bridgehead atoms. The lowest BCUT2D eigenvalue weighted by molar-refractivity contribution is 0.434. The maximum absolute atomic E-state index is 6.46. The molecule has 3 heterocycles. The third kappa shape index (κ3) is 2.39. The van der Waals surface area contributed by atoms with Gasteiger partial charge in [-0.15, -0.1) is 0 Å². The Labute approximate surface area is 205 Å². The maximum atomic E-state index is 6.46. The zero-order chi connectivity index (χ0) is 23.6. The van der Waals surface area contributed by atoms with Crippen molar-refractivity contribution in [3.8, 4) is 17.2 Å². The number of benzene rings is 5. The Morgan fingerprint density at radius 2 is 1.06 bits per heavy atom. The number of hydrogen-bond acceptors (Lipinski definition) is 1. The summed E-state index contributed by atoms with van der Waals surface area (Å²) in [5.41, 5.74) is 8.29. The third-order valence-corrected chi connectivity index (χ3v) is 7.45. The van der Waals surface area contributed by atoms with Gasteiger partial charge in [0.25, 0.3) is 0 Å². The van der Waals surface area contributed by atoms with Gasteiger partial charge in [-0.1, -0.05) is 105 Å². The van der Waals surface area contributed by atoms with Crippen molar-refractivity contribution < 1.29 is 4.74 Å². The van der Waals surface area contributed by atoms with Gasteiger partial charge in [0.2, 0.25) is 0 Å². The molecule has 5 aromatic carbocycles. The quantitative estimate of drug-likeness (QED) is 0.225. The Balaban J connectivity index is 0.00000103. The number of aromatic nitrogens is 1. The number of rotatable bonds is 0. The predicted octanol–water partition coefficient (Wildman–Crippen LogP) is 8.61. The van der Waals surface area contributed by atoms with E-state index in [-0.39, 0.29) is 0 Å². The average molecular weight is 452 g/mol. The van der Waals surface area contributed by atoms with Crippen molar-refractivity contribution in [2.45, 2.75) is 19.3 Å². The molecule has 0 saturated heterocycles. The van der Waals surface area contributed by atoms with Gasteiger partial charge in [-0.05, 0) is 35.4 Å². The molecule has 35 heavy (non-hydrogen) atoms. The van der Waals surface area contributed by atoms with Gasteiger partial charge in [-0.3, -0.25) is 0 Å². The Morgan fingerprint density at radius 3 is 1.80 bits per heavy atom. The van der Waals surface area contributed by atoms with Gasteiger partial charge in [0.1, 0.15) is 11.5 Å². The molecule has 0 saturated carbocycles. The summed E-state index contributed by atoms with van der Waals surface area (Å²) < 4.78 is 8.92. The molecule has 1 aromatic heterocycles. The lowest BCUT2D eigenvalue weighted by Crippen LogP contribution is -2.37. The second-order valence-electron chi connectivity index (χ2n) is 8.92. The lowest BCUT2D eigenvalue weighted by atomic mass is 9.62. The van der Waals surface area contributed by atoms with Gasteiger partial charge in [0.05, 0.1) is 22.1 Å². The molecule has 0 amide bonds. The predicted molar refractivity (Wildman–Crippen MR) is 144 cm³/mol. The molecular formula is C33H25NO. The molecule has 0 N–H and O–H groups in total. The van der Waals surface area contributed by atoms with E-state index >= 15 is 0 Å². The van der Waals surface area contributed by atoms with Crippen molar-refractivity contribution in [3.63, 3.8) is 0 Å². The second-order valence-corrected chi connectivity index (χ2v) is 8.92. The van der Waals surface area contributed by atoms with Crippen molar-refractivity contribution in [2.24, 2.45) is 0 Å². The fraction of sp³-hybridized carbons (Fsp3) is 0.0909. The molecule has 2 heteroatoms. The van der Waals surface area contributed by atoms with Gasteiger partial charge in [-0.25, -0.2) is 0 Å². The van der Waals surface area contributed by atoms with Crippen LogP contribution in [0.1, 0.15) is 36.1 Å². The highest BCUT2D eigenvalue weighted by atomic mass is 16.5. The smallest absolute Gasteiger partial charge is 0.132 e. The summed E-state index contributed by atoms with van der Waals surface area (Å²) >= 11 is 0. The molecule has 0 fully saturated rings. The summed E-state index contributed by atoms with van der Waals surface area (Å²) in [5.74, 6) is 1.85. The van der Waals surface area contributed by atoms with Crippen LogP contribution >= 0.6 is 0 Å². The van der Waals surface area contributed by atoms with E-state index in [2.05, 4.69) is 120 Å². The Bertz CT molecular complexity index is 1710. The maximum Gasteiger partial charge on any atom is 0.132 e. The fourth-order valence-corrected chi connectivity index (χ4v) is 6.28. The van der Waals surface area contributed by atoms with E-state index in [1.54, 1.807) is 0 Å². The van der Waals surface area contributed by atoms with E-state index in [1.165, 1.54) is 49.7 Å². The summed E-state index contributed by atoms with van der Waals surface area (Å²) in [6.45, 7) is 4.00. The molecule has 2 aliphatic rings. The first kappa shape index (κ1) is 20.1. The van der Waals surface area contributed by atoms with Crippen molar-refractivity contribution >= 4 is 21.8 Å². The van der Waals surface area contributed by atoms with E-state index in [9.17, 15) is 0 Å². The Morgan fingerprint density at radius 1 is 0.514 bits per heavy atom. The van der Waals surface area contributed by atoms with Gasteiger partial charge in [0, 0.05) is 21.9 Å². The van der Waals surface area contributed by atoms with Gasteiger partial charge in [-0.2, -0.15) is 0 Å². The lowest BCUT2D eigenvalue weighted by Gasteiger charge is -2.44. The van der Waals surface area contributed by atoms with Crippen LogP contribution in [0.5, 0.6) is 11.5 Å². The van der Waals surface area contributed by atoms with E-state index in [0.717, 1.165) is 11.5 Å². The molecule has 1 spiro atoms. The first-order valence-electron chi connectivity index (χ1n) is 12.4. The summed E-state index contributed by atoms with van der Waals surface area (Å²) in [7, 11) is 0. The van der Waals surface area contributed by atoms with Crippen LogP contribution in [0, 0.1) is 0 Å². The topological polar surface area (TPSA) is 14.2 Å². The number of fused-ring (bicyclic) bond motifs is 11. The first-order chi connectivity index (χ1) is 17.4. The highest BCUT2D eigenvalue weighted by Crippen LogP contribution is 2.60. The molecule has 6 aromatic rings. The normalized spacial score (nSPS) is 13.9. The third-order valence-electron chi connectivity index (χ3n) is 7.45. The summed E-state index contributed by atoms with van der Waals surface area (Å²) in [6, 6.07) is 41.5. The molecule has 168 valence electrons. The van der Waals surface area contributed by atoms with E-state index in [1.807, 2.05) is 13.8 Å². The average Bonchev–Trinajstić information content (AvgIpc) is 3.28. The highest BCUT2D eigenvalue weighted by molar-refractivity contribution is 6.12. The van der Waals surface area contributed by atoms with Crippen LogP contribution in [0.2, 0.25) is 0 Å². The van der Waals surface area contributed by atoms with Crippen LogP contribution in [-0.4, -0.2) is 4.57 Å². The van der Waals surface area contributed by atoms with Crippen LogP contribution in [0.15, 0.2) is 115 Å². The zero-order valence-corrected chi connectivity index (χ0v) is 19.8. The van der Waals surface area contributed by atoms with E-state index in [4.69, 9.17) is 4.74 Å². The SMILES string of the molecule is CC.c1ccc2c(c1)Oc1ccccc1C21c2ccccc2-n2c3ccccc3c3cccc1c32. The van der Waals surface area contributed by atoms with Crippen molar-refractivity contribution in [1.29, 1.82) is 0 Å². The van der Waals surface area contributed by atoms with Crippen LogP contribution < -0.4 is 4.74 Å². The Kier molecular flexibility index (Phi) is 4.22. The minimum atomic E-state index is -0.452. The minimum absolute atomic E-state index is 0.452. The zero-order valence-electron chi connectivity index (χ0n) is 19.8. The van der Waals surface area contributed by atoms with Gasteiger partial charge < -0.3 is 9.30 Å². The molecular weight excluding hydrogens is 426 g/mol. The molecule has 0 atom stereocenters. The van der Waals surface area contributed by atoms with E-state index < -0.39 is 5.41 Å². The molecule has 2 aliphatic heterocycles. The molecule has 8 rings (SSSR count). The van der Waals surface area contributed by atoms with E-state index in [0.29, 0.717) is 0 Å². The largest absolute Gasteiger partial charge is 0.457 e. The second kappa shape index (κ2) is 7.35. The van der Waals surface area contributed by atoms with Crippen molar-refractivity contribution in [3.05, 3.63) is 138 Å². The molecule has 0 aliphatic carbocycles. The number of nitrogens with zero attached hydrogens (tertiary/aromatic N) is 1. The van der Waals surface area contributed by atoms with Crippen LogP contribution in [0.3, 0.4) is 0 Å². The minimum Gasteiger partial charge on any atom is -0.457 e. The summed E-state index contributed by atoms with van der Waals surface area (Å²) in [5, 5.41) is 2.58. The van der Waals surface area contributed by atoms with Gasteiger partial charge >= 0.3 is 0 Å². The van der Waals surface area contributed by atoms with Crippen molar-refractivity contribution in [1.82, 2.24) is 4.57 Å². The first-order valence-corrected chi connectivity index (χ1v) is 12.4. The van der Waals surface area contributed by atoms with Crippen LogP contribution in [0.25, 0.3) is 27.5 Å². The Hall–Kier alpha value is -4.30. The van der Waals surface area contributed by atoms with Crippen LogP contribution in [-0.2, 0) is 5.41 Å². The monoisotopic (exact) mass is 451 g/mol. The molecule has 0 radical (unpaired) electrons.